The van der Waals surface area contributed by atoms with E-state index in [2.05, 4.69) is 10.6 Å². The maximum atomic E-state index is 14.5. The molecule has 1 atom stereocenters. The molecule has 1 saturated carbocycles. The molecule has 1 aromatic rings. The fourth-order valence-corrected chi connectivity index (χ4v) is 4.47. The molecular formula is C20H25FN4O3. The molecule has 7 nitrogen and oxygen atoms in total. The molecule has 0 bridgehead atoms. The summed E-state index contributed by atoms with van der Waals surface area (Å²) in [4.78, 5) is 40.7. The van der Waals surface area contributed by atoms with E-state index in [4.69, 9.17) is 0 Å². The maximum Gasteiger partial charge on any atom is 0.325 e. The van der Waals surface area contributed by atoms with Crippen molar-refractivity contribution >= 4 is 29.2 Å². The van der Waals surface area contributed by atoms with Crippen molar-refractivity contribution in [2.45, 2.75) is 57.0 Å². The minimum absolute atomic E-state index is 0.305. The highest BCUT2D eigenvalue weighted by molar-refractivity contribution is 6.11. The van der Waals surface area contributed by atoms with E-state index in [1.54, 1.807) is 12.1 Å². The summed E-state index contributed by atoms with van der Waals surface area (Å²) in [5.41, 5.74) is -0.0180. The number of nitrogens with one attached hydrogen (secondary N) is 2. The number of urea groups is 1. The van der Waals surface area contributed by atoms with Crippen molar-refractivity contribution in [2.75, 3.05) is 23.3 Å². The van der Waals surface area contributed by atoms with Gasteiger partial charge in [-0.3, -0.25) is 9.59 Å². The Kier molecular flexibility index (Phi) is 4.72. The molecule has 1 spiro atoms. The van der Waals surface area contributed by atoms with Gasteiger partial charge in [-0.15, -0.1) is 0 Å². The van der Waals surface area contributed by atoms with Crippen LogP contribution in [0.4, 0.5) is 20.6 Å². The first-order valence-corrected chi connectivity index (χ1v) is 9.92. The van der Waals surface area contributed by atoms with Gasteiger partial charge in [-0.25, -0.2) is 14.1 Å². The highest BCUT2D eigenvalue weighted by atomic mass is 19.1. The standard InChI is InChI=1S/C20H25FN4O3/c1-13(25-18(27)20(23-19(25)28)8-2-3-9-20)17(26)22-14-6-7-16(15(21)12-14)24-10-4-5-11-24/h6-7,12-13H,2-5,8-11H2,1H3,(H,22,26)(H,23,28). The van der Waals surface area contributed by atoms with Crippen LogP contribution in [0.2, 0.25) is 0 Å². The third kappa shape index (κ3) is 3.10. The second kappa shape index (κ2) is 7.07. The van der Waals surface area contributed by atoms with Crippen LogP contribution in [0.3, 0.4) is 0 Å². The minimum Gasteiger partial charge on any atom is -0.369 e. The molecule has 2 heterocycles. The first-order chi connectivity index (χ1) is 13.4. The van der Waals surface area contributed by atoms with Crippen molar-refractivity contribution in [3.8, 4) is 0 Å². The summed E-state index contributed by atoms with van der Waals surface area (Å²) in [6, 6.07) is 3.06. The Morgan fingerprint density at radius 2 is 1.86 bits per heavy atom. The molecule has 4 amide bonds. The number of rotatable bonds is 4. The zero-order chi connectivity index (χ0) is 19.9. The summed E-state index contributed by atoms with van der Waals surface area (Å²) in [6.07, 6.45) is 5.05. The summed E-state index contributed by atoms with van der Waals surface area (Å²) < 4.78 is 14.5. The van der Waals surface area contributed by atoms with Gasteiger partial charge in [0.05, 0.1) is 5.69 Å². The molecular weight excluding hydrogens is 363 g/mol. The molecule has 1 aliphatic carbocycles. The van der Waals surface area contributed by atoms with Crippen molar-refractivity contribution in [2.24, 2.45) is 0 Å². The average molecular weight is 388 g/mol. The molecule has 2 N–H and O–H groups in total. The molecule has 8 heteroatoms. The van der Waals surface area contributed by atoms with E-state index in [1.165, 1.54) is 13.0 Å². The Hall–Kier alpha value is -2.64. The Balaban J connectivity index is 1.45. The molecule has 4 rings (SSSR count). The third-order valence-corrected chi connectivity index (χ3v) is 6.08. The van der Waals surface area contributed by atoms with Crippen LogP contribution in [0.25, 0.3) is 0 Å². The highest BCUT2D eigenvalue weighted by Crippen LogP contribution is 2.36. The molecule has 2 aliphatic heterocycles. The van der Waals surface area contributed by atoms with Crippen LogP contribution in [0.1, 0.15) is 45.4 Å². The Morgan fingerprint density at radius 1 is 1.18 bits per heavy atom. The van der Waals surface area contributed by atoms with Crippen LogP contribution in [-0.2, 0) is 9.59 Å². The fourth-order valence-electron chi connectivity index (χ4n) is 4.47. The van der Waals surface area contributed by atoms with Crippen molar-refractivity contribution < 1.29 is 18.8 Å². The molecule has 2 saturated heterocycles. The molecule has 28 heavy (non-hydrogen) atoms. The van der Waals surface area contributed by atoms with E-state index < -0.39 is 29.3 Å². The number of anilines is 2. The number of imide groups is 1. The lowest BCUT2D eigenvalue weighted by Gasteiger charge is -2.24. The average Bonchev–Trinajstić information content (AvgIpc) is 3.38. The van der Waals surface area contributed by atoms with Gasteiger partial charge in [0.1, 0.15) is 17.4 Å². The fraction of sp³-hybridized carbons (Fsp3) is 0.550. The zero-order valence-electron chi connectivity index (χ0n) is 16.0. The van der Waals surface area contributed by atoms with Gasteiger partial charge in [0.15, 0.2) is 0 Å². The number of carbonyl (C=O) groups excluding carboxylic acids is 3. The molecule has 0 aromatic heterocycles. The monoisotopic (exact) mass is 388 g/mol. The predicted molar refractivity (Wildman–Crippen MR) is 103 cm³/mol. The Bertz CT molecular complexity index is 816. The molecule has 150 valence electrons. The van der Waals surface area contributed by atoms with Crippen molar-refractivity contribution in [1.29, 1.82) is 0 Å². The number of hydrogen-bond acceptors (Lipinski definition) is 4. The van der Waals surface area contributed by atoms with Crippen molar-refractivity contribution in [1.82, 2.24) is 10.2 Å². The van der Waals surface area contributed by atoms with E-state index in [9.17, 15) is 18.8 Å². The van der Waals surface area contributed by atoms with Gasteiger partial charge in [0.25, 0.3) is 5.91 Å². The largest absolute Gasteiger partial charge is 0.369 e. The Morgan fingerprint density at radius 3 is 2.50 bits per heavy atom. The normalized spacial score (nSPS) is 22.1. The van der Waals surface area contributed by atoms with Crippen LogP contribution in [-0.4, -0.2) is 47.4 Å². The van der Waals surface area contributed by atoms with Crippen LogP contribution in [0, 0.1) is 5.82 Å². The SMILES string of the molecule is CC(C(=O)Nc1ccc(N2CCCC2)c(F)c1)N1C(=O)NC2(CCCC2)C1=O. The van der Waals surface area contributed by atoms with Gasteiger partial charge in [-0.05, 0) is 50.8 Å². The van der Waals surface area contributed by atoms with Gasteiger partial charge in [-0.1, -0.05) is 12.8 Å². The third-order valence-electron chi connectivity index (χ3n) is 6.08. The summed E-state index contributed by atoms with van der Waals surface area (Å²) in [5.74, 6) is -1.26. The number of halogens is 1. The van der Waals surface area contributed by atoms with Crippen molar-refractivity contribution in [3.63, 3.8) is 0 Å². The summed E-state index contributed by atoms with van der Waals surface area (Å²) in [5, 5.41) is 5.39. The summed E-state index contributed by atoms with van der Waals surface area (Å²) >= 11 is 0. The zero-order valence-corrected chi connectivity index (χ0v) is 16.0. The first-order valence-electron chi connectivity index (χ1n) is 9.92. The van der Waals surface area contributed by atoms with Crippen LogP contribution in [0.15, 0.2) is 18.2 Å². The van der Waals surface area contributed by atoms with E-state index in [-0.39, 0.29) is 5.91 Å². The predicted octanol–water partition coefficient (Wildman–Crippen LogP) is 2.62. The van der Waals surface area contributed by atoms with E-state index >= 15 is 0 Å². The smallest absolute Gasteiger partial charge is 0.325 e. The molecule has 1 unspecified atom stereocenters. The van der Waals surface area contributed by atoms with Gasteiger partial charge < -0.3 is 15.5 Å². The van der Waals surface area contributed by atoms with Gasteiger partial charge in [-0.2, -0.15) is 0 Å². The number of hydrogen-bond donors (Lipinski definition) is 2. The lowest BCUT2D eigenvalue weighted by molar-refractivity contribution is -0.136. The second-order valence-electron chi connectivity index (χ2n) is 7.92. The quantitative estimate of drug-likeness (QED) is 0.777. The molecule has 3 fully saturated rings. The molecule has 1 aromatic carbocycles. The summed E-state index contributed by atoms with van der Waals surface area (Å²) in [6.45, 7) is 3.16. The number of nitrogens with zero attached hydrogens (tertiary/aromatic N) is 2. The topological polar surface area (TPSA) is 81.8 Å². The molecule has 3 aliphatic rings. The van der Waals surface area contributed by atoms with E-state index in [0.29, 0.717) is 24.2 Å². The van der Waals surface area contributed by atoms with Gasteiger partial charge >= 0.3 is 6.03 Å². The molecule has 0 radical (unpaired) electrons. The van der Waals surface area contributed by atoms with Crippen LogP contribution in [0.5, 0.6) is 0 Å². The van der Waals surface area contributed by atoms with E-state index in [0.717, 1.165) is 43.7 Å². The van der Waals surface area contributed by atoms with Crippen LogP contribution < -0.4 is 15.5 Å². The minimum atomic E-state index is -0.978. The number of amides is 4. The van der Waals surface area contributed by atoms with E-state index in [1.807, 2.05) is 4.90 Å². The second-order valence-corrected chi connectivity index (χ2v) is 7.92. The van der Waals surface area contributed by atoms with Gasteiger partial charge in [0.2, 0.25) is 5.91 Å². The van der Waals surface area contributed by atoms with Crippen molar-refractivity contribution in [3.05, 3.63) is 24.0 Å². The Labute approximate surface area is 163 Å². The summed E-state index contributed by atoms with van der Waals surface area (Å²) in [7, 11) is 0. The van der Waals surface area contributed by atoms with Gasteiger partial charge in [0, 0.05) is 18.8 Å². The number of carbonyl (C=O) groups is 3. The lowest BCUT2D eigenvalue weighted by Crippen LogP contribution is -2.48. The highest BCUT2D eigenvalue weighted by Gasteiger charge is 2.54. The lowest BCUT2D eigenvalue weighted by atomic mass is 9.97. The maximum absolute atomic E-state index is 14.5. The first kappa shape index (κ1) is 18.7. The van der Waals surface area contributed by atoms with Crippen LogP contribution >= 0.6 is 0 Å². The number of benzene rings is 1.